The zero-order valence-electron chi connectivity index (χ0n) is 11.1. The van der Waals surface area contributed by atoms with E-state index >= 15 is 0 Å². The Morgan fingerprint density at radius 3 is 2.74 bits per heavy atom. The average Bonchev–Trinajstić information content (AvgIpc) is 2.89. The van der Waals surface area contributed by atoms with Gasteiger partial charge in [-0.1, -0.05) is 6.92 Å². The summed E-state index contributed by atoms with van der Waals surface area (Å²) >= 11 is 1.34. The minimum atomic E-state index is -3.34. The summed E-state index contributed by atoms with van der Waals surface area (Å²) < 4.78 is 32.4. The molecule has 0 radical (unpaired) electrons. The SMILES string of the molecule is CCc1ccc(S(=O)(=O)NCCN2CCOCC2)s1. The minimum Gasteiger partial charge on any atom is -0.379 e. The van der Waals surface area contributed by atoms with E-state index in [0.29, 0.717) is 10.8 Å². The number of sulfonamides is 1. The van der Waals surface area contributed by atoms with Crippen molar-refractivity contribution < 1.29 is 13.2 Å². The number of morpholine rings is 1. The van der Waals surface area contributed by atoms with Crippen LogP contribution in [0, 0.1) is 0 Å². The maximum absolute atomic E-state index is 12.1. The van der Waals surface area contributed by atoms with Gasteiger partial charge in [0.25, 0.3) is 0 Å². The third-order valence-corrected chi connectivity index (χ3v) is 6.26. The molecule has 0 unspecified atom stereocenters. The van der Waals surface area contributed by atoms with Gasteiger partial charge in [0.05, 0.1) is 13.2 Å². The van der Waals surface area contributed by atoms with Crippen molar-refractivity contribution in [3.63, 3.8) is 0 Å². The summed E-state index contributed by atoms with van der Waals surface area (Å²) in [4.78, 5) is 3.30. The summed E-state index contributed by atoms with van der Waals surface area (Å²) in [7, 11) is -3.34. The van der Waals surface area contributed by atoms with Gasteiger partial charge in [-0.05, 0) is 18.6 Å². The van der Waals surface area contributed by atoms with Crippen LogP contribution in [0.5, 0.6) is 0 Å². The second-order valence-electron chi connectivity index (χ2n) is 4.43. The second kappa shape index (κ2) is 6.81. The lowest BCUT2D eigenvalue weighted by Gasteiger charge is -2.26. The molecule has 2 heterocycles. The number of nitrogens with one attached hydrogen (secondary N) is 1. The van der Waals surface area contributed by atoms with Crippen LogP contribution < -0.4 is 4.72 Å². The monoisotopic (exact) mass is 304 g/mol. The molecule has 1 N–H and O–H groups in total. The van der Waals surface area contributed by atoms with Crippen molar-refractivity contribution in [1.82, 2.24) is 9.62 Å². The van der Waals surface area contributed by atoms with Crippen LogP contribution in [-0.4, -0.2) is 52.7 Å². The topological polar surface area (TPSA) is 58.6 Å². The van der Waals surface area contributed by atoms with Crippen molar-refractivity contribution in [3.05, 3.63) is 17.0 Å². The number of hydrogen-bond acceptors (Lipinski definition) is 5. The summed E-state index contributed by atoms with van der Waals surface area (Å²) in [6.45, 7) is 6.42. The molecule has 5 nitrogen and oxygen atoms in total. The summed E-state index contributed by atoms with van der Waals surface area (Å²) in [6, 6.07) is 3.56. The van der Waals surface area contributed by atoms with E-state index in [9.17, 15) is 8.42 Å². The first-order valence-corrected chi connectivity index (χ1v) is 8.80. The van der Waals surface area contributed by atoms with Gasteiger partial charge in [-0.3, -0.25) is 4.90 Å². The summed E-state index contributed by atoms with van der Waals surface area (Å²) in [5.41, 5.74) is 0. The standard InChI is InChI=1S/C12H20N2O3S2/c1-2-11-3-4-12(18-11)19(15,16)13-5-6-14-7-9-17-10-8-14/h3-4,13H,2,5-10H2,1H3. The third kappa shape index (κ3) is 4.25. The van der Waals surface area contributed by atoms with Gasteiger partial charge >= 0.3 is 0 Å². The van der Waals surface area contributed by atoms with Crippen molar-refractivity contribution >= 4 is 21.4 Å². The van der Waals surface area contributed by atoms with E-state index in [4.69, 9.17) is 4.74 Å². The molecule has 0 amide bonds. The predicted octanol–water partition coefficient (Wildman–Crippen LogP) is 0.921. The molecule has 1 aliphatic rings. The quantitative estimate of drug-likeness (QED) is 0.849. The molecule has 7 heteroatoms. The Bertz CT molecular complexity index is 493. The maximum Gasteiger partial charge on any atom is 0.250 e. The summed E-state index contributed by atoms with van der Waals surface area (Å²) in [6.07, 6.45) is 0.869. The van der Waals surface area contributed by atoms with Crippen LogP contribution in [-0.2, 0) is 21.2 Å². The van der Waals surface area contributed by atoms with Gasteiger partial charge in [0.1, 0.15) is 4.21 Å². The third-order valence-electron chi connectivity index (χ3n) is 3.07. The van der Waals surface area contributed by atoms with Crippen molar-refractivity contribution in [2.45, 2.75) is 17.6 Å². The number of hydrogen-bond donors (Lipinski definition) is 1. The zero-order valence-corrected chi connectivity index (χ0v) is 12.7. The van der Waals surface area contributed by atoms with Gasteiger partial charge in [0, 0.05) is 31.1 Å². The molecule has 0 spiro atoms. The first-order valence-electron chi connectivity index (χ1n) is 6.50. The molecule has 0 saturated carbocycles. The van der Waals surface area contributed by atoms with Gasteiger partial charge in [-0.15, -0.1) is 11.3 Å². The Balaban J connectivity index is 1.83. The number of nitrogens with zero attached hydrogens (tertiary/aromatic N) is 1. The lowest BCUT2D eigenvalue weighted by atomic mass is 10.4. The van der Waals surface area contributed by atoms with E-state index in [1.807, 2.05) is 13.0 Å². The fraction of sp³-hybridized carbons (Fsp3) is 0.667. The van der Waals surface area contributed by atoms with Gasteiger partial charge in [0.15, 0.2) is 0 Å². The van der Waals surface area contributed by atoms with E-state index in [1.165, 1.54) is 11.3 Å². The highest BCUT2D eigenvalue weighted by Crippen LogP contribution is 2.21. The molecular weight excluding hydrogens is 284 g/mol. The fourth-order valence-corrected chi connectivity index (χ4v) is 4.29. The molecule has 0 aliphatic carbocycles. The lowest BCUT2D eigenvalue weighted by Crippen LogP contribution is -2.41. The van der Waals surface area contributed by atoms with Gasteiger partial charge in [0.2, 0.25) is 10.0 Å². The van der Waals surface area contributed by atoms with E-state index < -0.39 is 10.0 Å². The van der Waals surface area contributed by atoms with Crippen LogP contribution in [0.4, 0.5) is 0 Å². The molecule has 1 aromatic rings. The van der Waals surface area contributed by atoms with E-state index in [-0.39, 0.29) is 0 Å². The largest absolute Gasteiger partial charge is 0.379 e. The van der Waals surface area contributed by atoms with Gasteiger partial charge in [-0.2, -0.15) is 0 Å². The highest BCUT2D eigenvalue weighted by atomic mass is 32.2. The van der Waals surface area contributed by atoms with Crippen LogP contribution in [0.2, 0.25) is 0 Å². The number of rotatable bonds is 6. The highest BCUT2D eigenvalue weighted by molar-refractivity contribution is 7.91. The number of aryl methyl sites for hydroxylation is 1. The highest BCUT2D eigenvalue weighted by Gasteiger charge is 2.17. The van der Waals surface area contributed by atoms with E-state index in [2.05, 4.69) is 9.62 Å². The molecule has 19 heavy (non-hydrogen) atoms. The maximum atomic E-state index is 12.1. The zero-order chi connectivity index (χ0) is 13.7. The Hall–Kier alpha value is -0.470. The molecule has 2 rings (SSSR count). The van der Waals surface area contributed by atoms with Crippen LogP contribution in [0.3, 0.4) is 0 Å². The van der Waals surface area contributed by atoms with Gasteiger partial charge < -0.3 is 4.74 Å². The molecule has 0 bridgehead atoms. The molecule has 108 valence electrons. The van der Waals surface area contributed by atoms with Crippen molar-refractivity contribution in [2.24, 2.45) is 0 Å². The Labute approximate surface area is 118 Å². The number of ether oxygens (including phenoxy) is 1. The Morgan fingerprint density at radius 1 is 1.37 bits per heavy atom. The first kappa shape index (κ1) is 14.9. The normalized spacial score (nSPS) is 17.7. The number of thiophene rings is 1. The molecule has 1 saturated heterocycles. The summed E-state index contributed by atoms with van der Waals surface area (Å²) in [5.74, 6) is 0. The molecule has 0 atom stereocenters. The van der Waals surface area contributed by atoms with Crippen LogP contribution >= 0.6 is 11.3 Å². The Kier molecular flexibility index (Phi) is 5.35. The first-order chi connectivity index (χ1) is 9.12. The lowest BCUT2D eigenvalue weighted by molar-refractivity contribution is 0.0390. The van der Waals surface area contributed by atoms with Crippen molar-refractivity contribution in [3.8, 4) is 0 Å². The smallest absolute Gasteiger partial charge is 0.250 e. The molecular formula is C12H20N2O3S2. The van der Waals surface area contributed by atoms with E-state index in [0.717, 1.165) is 44.1 Å². The van der Waals surface area contributed by atoms with Crippen LogP contribution in [0.1, 0.15) is 11.8 Å². The van der Waals surface area contributed by atoms with Crippen LogP contribution in [0.25, 0.3) is 0 Å². The fourth-order valence-electron chi connectivity index (χ4n) is 1.93. The van der Waals surface area contributed by atoms with Gasteiger partial charge in [-0.25, -0.2) is 13.1 Å². The molecule has 1 aromatic heterocycles. The molecule has 1 fully saturated rings. The summed E-state index contributed by atoms with van der Waals surface area (Å²) in [5, 5.41) is 0. The minimum absolute atomic E-state index is 0.409. The predicted molar refractivity (Wildman–Crippen MR) is 76.1 cm³/mol. The van der Waals surface area contributed by atoms with E-state index in [1.54, 1.807) is 6.07 Å². The van der Waals surface area contributed by atoms with Crippen molar-refractivity contribution in [1.29, 1.82) is 0 Å². The van der Waals surface area contributed by atoms with Crippen LogP contribution in [0.15, 0.2) is 16.3 Å². The molecule has 0 aromatic carbocycles. The molecule has 1 aliphatic heterocycles. The second-order valence-corrected chi connectivity index (χ2v) is 7.59. The average molecular weight is 304 g/mol. The van der Waals surface area contributed by atoms with Crippen molar-refractivity contribution in [2.75, 3.05) is 39.4 Å². The Morgan fingerprint density at radius 2 is 2.11 bits per heavy atom.